The topological polar surface area (TPSA) is 93.0 Å². The second-order valence-corrected chi connectivity index (χ2v) is 6.00. The third-order valence-electron chi connectivity index (χ3n) is 3.94. The summed E-state index contributed by atoms with van der Waals surface area (Å²) >= 11 is 0. The first kappa shape index (κ1) is 18.9. The lowest BCUT2D eigenvalue weighted by Gasteiger charge is -2.16. The smallest absolute Gasteiger partial charge is 0.421 e. The molecule has 0 unspecified atom stereocenters. The molecule has 7 nitrogen and oxygen atoms in total. The minimum Gasteiger partial charge on any atom is -0.665 e. The van der Waals surface area contributed by atoms with E-state index in [2.05, 4.69) is 31.2 Å². The second-order valence-electron chi connectivity index (χ2n) is 6.00. The SMILES string of the molecule is C[N-]CCCNc1nc(Nc2ccc3c(c2)NC(=O)C3)ncc1C(F)(F)F. The van der Waals surface area contributed by atoms with Crippen LogP contribution in [0.5, 0.6) is 0 Å². The van der Waals surface area contributed by atoms with Gasteiger partial charge in [-0.2, -0.15) is 25.2 Å². The number of hydrogen-bond donors (Lipinski definition) is 3. The fraction of sp³-hybridized carbons (Fsp3) is 0.353. The number of halogens is 3. The number of carbonyl (C=O) groups excluding carboxylic acids is 1. The normalized spacial score (nSPS) is 13.3. The van der Waals surface area contributed by atoms with Gasteiger partial charge < -0.3 is 21.3 Å². The Labute approximate surface area is 153 Å². The number of nitrogens with one attached hydrogen (secondary N) is 3. The predicted molar refractivity (Wildman–Crippen MR) is 96.3 cm³/mol. The first-order chi connectivity index (χ1) is 12.9. The van der Waals surface area contributed by atoms with Crippen molar-refractivity contribution in [3.63, 3.8) is 0 Å². The molecule has 0 spiro atoms. The van der Waals surface area contributed by atoms with E-state index in [-0.39, 0.29) is 17.7 Å². The highest BCUT2D eigenvalue weighted by Crippen LogP contribution is 2.34. The van der Waals surface area contributed by atoms with Crippen LogP contribution >= 0.6 is 0 Å². The Morgan fingerprint density at radius 2 is 2.15 bits per heavy atom. The molecule has 1 amide bonds. The van der Waals surface area contributed by atoms with Crippen LogP contribution in [0.1, 0.15) is 17.5 Å². The third-order valence-corrected chi connectivity index (χ3v) is 3.94. The van der Waals surface area contributed by atoms with Crippen LogP contribution in [-0.4, -0.2) is 36.0 Å². The number of aromatic nitrogens is 2. The summed E-state index contributed by atoms with van der Waals surface area (Å²) in [7, 11) is 1.65. The maximum Gasteiger partial charge on any atom is 0.421 e. The predicted octanol–water partition coefficient (Wildman–Crippen LogP) is 3.54. The molecule has 2 heterocycles. The summed E-state index contributed by atoms with van der Waals surface area (Å²) < 4.78 is 39.5. The van der Waals surface area contributed by atoms with Crippen molar-refractivity contribution >= 4 is 29.0 Å². The minimum atomic E-state index is -4.56. The van der Waals surface area contributed by atoms with E-state index in [1.807, 2.05) is 0 Å². The van der Waals surface area contributed by atoms with Gasteiger partial charge in [0.2, 0.25) is 11.9 Å². The molecule has 144 valence electrons. The van der Waals surface area contributed by atoms with Crippen molar-refractivity contribution in [3.8, 4) is 0 Å². The molecule has 0 radical (unpaired) electrons. The Hall–Kier alpha value is -2.88. The number of carbonyl (C=O) groups is 1. The molecule has 0 saturated carbocycles. The molecular weight excluding hydrogens is 361 g/mol. The lowest BCUT2D eigenvalue weighted by Crippen LogP contribution is -2.15. The van der Waals surface area contributed by atoms with E-state index in [0.29, 0.717) is 37.3 Å². The second kappa shape index (κ2) is 7.78. The molecule has 2 aromatic rings. The maximum atomic E-state index is 13.2. The molecule has 1 aromatic carbocycles. The van der Waals surface area contributed by atoms with Crippen molar-refractivity contribution in [1.82, 2.24) is 9.97 Å². The number of nitrogens with zero attached hydrogens (tertiary/aromatic N) is 3. The van der Waals surface area contributed by atoms with Crippen LogP contribution in [0.2, 0.25) is 0 Å². The Morgan fingerprint density at radius 1 is 1.33 bits per heavy atom. The van der Waals surface area contributed by atoms with E-state index in [9.17, 15) is 18.0 Å². The number of benzene rings is 1. The Morgan fingerprint density at radius 3 is 2.89 bits per heavy atom. The van der Waals surface area contributed by atoms with Gasteiger partial charge in [-0.25, -0.2) is 4.98 Å². The Balaban J connectivity index is 1.79. The highest BCUT2D eigenvalue weighted by atomic mass is 19.4. The van der Waals surface area contributed by atoms with Crippen molar-refractivity contribution in [1.29, 1.82) is 0 Å². The van der Waals surface area contributed by atoms with E-state index in [0.717, 1.165) is 11.8 Å². The molecule has 0 fully saturated rings. The first-order valence-electron chi connectivity index (χ1n) is 8.30. The number of alkyl halides is 3. The van der Waals surface area contributed by atoms with Crippen molar-refractivity contribution < 1.29 is 18.0 Å². The highest BCUT2D eigenvalue weighted by molar-refractivity contribution is 5.99. The van der Waals surface area contributed by atoms with E-state index < -0.39 is 11.7 Å². The molecule has 3 rings (SSSR count). The Kier molecular flexibility index (Phi) is 5.45. The largest absolute Gasteiger partial charge is 0.665 e. The van der Waals surface area contributed by atoms with Gasteiger partial charge in [0.15, 0.2) is 0 Å². The van der Waals surface area contributed by atoms with Gasteiger partial charge in [0.25, 0.3) is 0 Å². The standard InChI is InChI=1S/C17H18F3N6O/c1-21-5-2-6-22-15-12(17(18,19)20)9-23-16(26-15)24-11-4-3-10-7-14(27)25-13(10)8-11/h3-4,8-9H,2,5-7H2,1H3,(H,25,27)(H2,22,23,24,26)/q-1. The molecule has 10 heteroatoms. The van der Waals surface area contributed by atoms with Gasteiger partial charge in [-0.3, -0.25) is 4.79 Å². The molecule has 0 atom stereocenters. The summed E-state index contributed by atoms with van der Waals surface area (Å²) in [6.07, 6.45) is -2.92. The van der Waals surface area contributed by atoms with Crippen LogP contribution in [0.4, 0.5) is 36.3 Å². The third kappa shape index (κ3) is 4.64. The van der Waals surface area contributed by atoms with Crippen molar-refractivity contribution in [3.05, 3.63) is 40.8 Å². The molecule has 1 aliphatic rings. The first-order valence-corrected chi connectivity index (χ1v) is 8.30. The van der Waals surface area contributed by atoms with Gasteiger partial charge in [-0.1, -0.05) is 12.5 Å². The zero-order valence-electron chi connectivity index (χ0n) is 14.5. The zero-order chi connectivity index (χ0) is 19.4. The van der Waals surface area contributed by atoms with Crippen LogP contribution in [0.25, 0.3) is 5.32 Å². The van der Waals surface area contributed by atoms with Gasteiger partial charge in [0.1, 0.15) is 11.4 Å². The van der Waals surface area contributed by atoms with Gasteiger partial charge in [-0.05, 0) is 17.7 Å². The van der Waals surface area contributed by atoms with Crippen LogP contribution < -0.4 is 16.0 Å². The summed E-state index contributed by atoms with van der Waals surface area (Å²) in [4.78, 5) is 19.2. The molecule has 27 heavy (non-hydrogen) atoms. The lowest BCUT2D eigenvalue weighted by molar-refractivity contribution is -0.137. The van der Waals surface area contributed by atoms with Gasteiger partial charge >= 0.3 is 6.18 Å². The number of amides is 1. The van der Waals surface area contributed by atoms with E-state index in [1.165, 1.54) is 0 Å². The number of fused-ring (bicyclic) bond motifs is 1. The fourth-order valence-corrected chi connectivity index (χ4v) is 2.65. The van der Waals surface area contributed by atoms with E-state index >= 15 is 0 Å². The number of rotatable bonds is 7. The summed E-state index contributed by atoms with van der Waals surface area (Å²) in [5, 5.41) is 12.2. The summed E-state index contributed by atoms with van der Waals surface area (Å²) in [5.74, 6) is -0.362. The molecule has 1 aliphatic heterocycles. The van der Waals surface area contributed by atoms with Crippen LogP contribution in [-0.2, 0) is 17.4 Å². The lowest BCUT2D eigenvalue weighted by atomic mass is 10.1. The quantitative estimate of drug-likeness (QED) is 0.640. The van der Waals surface area contributed by atoms with Crippen molar-refractivity contribution in [2.45, 2.75) is 19.0 Å². The van der Waals surface area contributed by atoms with Gasteiger partial charge in [0, 0.05) is 24.1 Å². The monoisotopic (exact) mass is 379 g/mol. The number of hydrogen-bond acceptors (Lipinski definition) is 5. The van der Waals surface area contributed by atoms with E-state index in [4.69, 9.17) is 0 Å². The maximum absolute atomic E-state index is 13.2. The molecule has 0 aliphatic carbocycles. The molecule has 3 N–H and O–H groups in total. The average Bonchev–Trinajstić information content (AvgIpc) is 2.97. The summed E-state index contributed by atoms with van der Waals surface area (Å²) in [6.45, 7) is 0.854. The van der Waals surface area contributed by atoms with E-state index in [1.54, 1.807) is 25.2 Å². The minimum absolute atomic E-state index is 0.0231. The van der Waals surface area contributed by atoms with Crippen LogP contribution in [0.15, 0.2) is 24.4 Å². The van der Waals surface area contributed by atoms with Gasteiger partial charge in [0.05, 0.1) is 6.42 Å². The van der Waals surface area contributed by atoms with Crippen molar-refractivity contribution in [2.75, 3.05) is 36.1 Å². The van der Waals surface area contributed by atoms with Crippen molar-refractivity contribution in [2.24, 2.45) is 0 Å². The Bertz CT molecular complexity index is 840. The van der Waals surface area contributed by atoms with Gasteiger partial charge in [-0.15, -0.1) is 6.54 Å². The molecular formula is C17H18F3N6O-. The summed E-state index contributed by atoms with van der Waals surface area (Å²) in [6, 6.07) is 5.18. The zero-order valence-corrected chi connectivity index (χ0v) is 14.5. The number of anilines is 4. The molecule has 0 saturated heterocycles. The van der Waals surface area contributed by atoms with Crippen LogP contribution in [0.3, 0.4) is 0 Å². The summed E-state index contributed by atoms with van der Waals surface area (Å²) in [5.41, 5.74) is 1.16. The highest BCUT2D eigenvalue weighted by Gasteiger charge is 2.35. The fourth-order valence-electron chi connectivity index (χ4n) is 2.65. The average molecular weight is 379 g/mol. The van der Waals surface area contributed by atoms with Crippen LogP contribution in [0, 0.1) is 0 Å². The molecule has 0 bridgehead atoms. The molecule has 1 aromatic heterocycles.